The minimum Gasteiger partial charge on any atom is -0.344 e. The van der Waals surface area contributed by atoms with Crippen molar-refractivity contribution in [2.45, 2.75) is 33.4 Å². The van der Waals surface area contributed by atoms with Gasteiger partial charge in [-0.15, -0.1) is 21.5 Å². The van der Waals surface area contributed by atoms with Crippen LogP contribution in [0.25, 0.3) is 0 Å². The highest BCUT2D eigenvalue weighted by atomic mass is 32.1. The van der Waals surface area contributed by atoms with Crippen LogP contribution in [0.2, 0.25) is 0 Å². The Labute approximate surface area is 144 Å². The number of hydrogen-bond donors (Lipinski definition) is 1. The molecule has 0 atom stereocenters. The van der Waals surface area contributed by atoms with Crippen molar-refractivity contribution in [2.24, 2.45) is 0 Å². The molecule has 0 saturated carbocycles. The van der Waals surface area contributed by atoms with Crippen molar-refractivity contribution in [1.82, 2.24) is 25.1 Å². The zero-order chi connectivity index (χ0) is 16.9. The van der Waals surface area contributed by atoms with Crippen molar-refractivity contribution in [2.75, 3.05) is 0 Å². The zero-order valence-corrected chi connectivity index (χ0v) is 14.5. The number of benzene rings is 1. The summed E-state index contributed by atoms with van der Waals surface area (Å²) in [5, 5.41) is 11.9. The summed E-state index contributed by atoms with van der Waals surface area (Å²) >= 11 is 1.41. The lowest BCUT2D eigenvalue weighted by molar-refractivity contribution is 0.0952. The van der Waals surface area contributed by atoms with Gasteiger partial charge in [0.15, 0.2) is 5.82 Å². The number of carbonyl (C=O) groups is 1. The number of thiazole rings is 1. The van der Waals surface area contributed by atoms with Crippen molar-refractivity contribution in [3.8, 4) is 0 Å². The number of rotatable bonds is 6. The molecule has 2 heterocycles. The van der Waals surface area contributed by atoms with Crippen LogP contribution in [0, 0.1) is 13.8 Å². The summed E-state index contributed by atoms with van der Waals surface area (Å²) in [4.78, 5) is 17.2. The van der Waals surface area contributed by atoms with Gasteiger partial charge in [0.25, 0.3) is 5.91 Å². The van der Waals surface area contributed by atoms with E-state index in [9.17, 15) is 4.79 Å². The van der Waals surface area contributed by atoms with Gasteiger partial charge in [-0.1, -0.05) is 30.3 Å². The van der Waals surface area contributed by atoms with E-state index in [-0.39, 0.29) is 5.91 Å². The molecule has 124 valence electrons. The highest BCUT2D eigenvalue weighted by Crippen LogP contribution is 2.16. The standard InChI is InChI=1S/C17H19N5OS/c1-12-16(24-13(2)20-12)17(23)18-10-15-21-19-11-22(15)9-8-14-6-4-3-5-7-14/h3-7,11H,8-10H2,1-2H3,(H,18,23). The van der Waals surface area contributed by atoms with E-state index in [1.165, 1.54) is 16.9 Å². The van der Waals surface area contributed by atoms with E-state index < -0.39 is 0 Å². The summed E-state index contributed by atoms with van der Waals surface area (Å²) < 4.78 is 1.97. The van der Waals surface area contributed by atoms with Crippen LogP contribution >= 0.6 is 11.3 Å². The predicted octanol–water partition coefficient (Wildman–Crippen LogP) is 2.52. The summed E-state index contributed by atoms with van der Waals surface area (Å²) in [5.74, 6) is 0.633. The quantitative estimate of drug-likeness (QED) is 0.748. The van der Waals surface area contributed by atoms with Gasteiger partial charge >= 0.3 is 0 Å². The van der Waals surface area contributed by atoms with Crippen LogP contribution in [0.4, 0.5) is 0 Å². The molecule has 1 aromatic carbocycles. The maximum Gasteiger partial charge on any atom is 0.263 e. The molecule has 0 fully saturated rings. The normalized spacial score (nSPS) is 10.8. The molecule has 7 heteroatoms. The van der Waals surface area contributed by atoms with Crippen LogP contribution in [0.5, 0.6) is 0 Å². The van der Waals surface area contributed by atoms with E-state index in [1.54, 1.807) is 6.33 Å². The summed E-state index contributed by atoms with van der Waals surface area (Å²) in [7, 11) is 0. The lowest BCUT2D eigenvalue weighted by atomic mass is 10.1. The Morgan fingerprint density at radius 3 is 2.75 bits per heavy atom. The molecule has 2 aromatic heterocycles. The first kappa shape index (κ1) is 16.3. The maximum absolute atomic E-state index is 12.3. The first-order valence-corrected chi connectivity index (χ1v) is 8.58. The molecule has 0 aliphatic carbocycles. The lowest BCUT2D eigenvalue weighted by Crippen LogP contribution is -2.24. The van der Waals surface area contributed by atoms with Crippen molar-refractivity contribution < 1.29 is 4.79 Å². The van der Waals surface area contributed by atoms with Crippen LogP contribution in [0.15, 0.2) is 36.7 Å². The third-order valence-corrected chi connectivity index (χ3v) is 4.77. The Morgan fingerprint density at radius 2 is 2.04 bits per heavy atom. The van der Waals surface area contributed by atoms with E-state index in [1.807, 2.05) is 36.6 Å². The van der Waals surface area contributed by atoms with Gasteiger partial charge in [-0.25, -0.2) is 4.98 Å². The molecule has 0 bridgehead atoms. The van der Waals surface area contributed by atoms with Gasteiger partial charge in [-0.2, -0.15) is 0 Å². The SMILES string of the molecule is Cc1nc(C)c(C(=O)NCc2nncn2CCc2ccccc2)s1. The minimum absolute atomic E-state index is 0.115. The maximum atomic E-state index is 12.3. The largest absolute Gasteiger partial charge is 0.344 e. The average Bonchev–Trinajstić information content (AvgIpc) is 3.17. The van der Waals surface area contributed by atoms with Crippen LogP contribution < -0.4 is 5.32 Å². The number of amides is 1. The second-order valence-corrected chi connectivity index (χ2v) is 6.71. The number of aryl methyl sites for hydroxylation is 4. The van der Waals surface area contributed by atoms with Crippen molar-refractivity contribution in [3.63, 3.8) is 0 Å². The lowest BCUT2D eigenvalue weighted by Gasteiger charge is -2.08. The number of nitrogens with zero attached hydrogens (tertiary/aromatic N) is 4. The molecule has 3 aromatic rings. The molecule has 0 saturated heterocycles. The Bertz CT molecular complexity index is 825. The molecule has 0 spiro atoms. The number of hydrogen-bond acceptors (Lipinski definition) is 5. The molecule has 1 amide bonds. The third-order valence-electron chi connectivity index (χ3n) is 3.70. The average molecular weight is 341 g/mol. The van der Waals surface area contributed by atoms with Crippen LogP contribution in [0.3, 0.4) is 0 Å². The zero-order valence-electron chi connectivity index (χ0n) is 13.7. The molecule has 0 unspecified atom stereocenters. The van der Waals surface area contributed by atoms with E-state index in [2.05, 4.69) is 32.6 Å². The van der Waals surface area contributed by atoms with E-state index in [0.29, 0.717) is 11.4 Å². The second-order valence-electron chi connectivity index (χ2n) is 5.51. The minimum atomic E-state index is -0.115. The molecule has 0 aliphatic heterocycles. The van der Waals surface area contributed by atoms with Crippen molar-refractivity contribution >= 4 is 17.2 Å². The summed E-state index contributed by atoms with van der Waals surface area (Å²) in [5.41, 5.74) is 2.03. The Balaban J connectivity index is 1.59. The van der Waals surface area contributed by atoms with Crippen molar-refractivity contribution in [3.05, 3.63) is 63.6 Å². The molecule has 3 rings (SSSR count). The van der Waals surface area contributed by atoms with Gasteiger partial charge in [0.1, 0.15) is 11.2 Å². The molecule has 24 heavy (non-hydrogen) atoms. The molecule has 6 nitrogen and oxygen atoms in total. The third kappa shape index (κ3) is 3.86. The number of nitrogens with one attached hydrogen (secondary N) is 1. The highest BCUT2D eigenvalue weighted by Gasteiger charge is 2.14. The first-order valence-electron chi connectivity index (χ1n) is 7.76. The summed E-state index contributed by atoms with van der Waals surface area (Å²) in [6, 6.07) is 10.3. The second kappa shape index (κ2) is 7.35. The summed E-state index contributed by atoms with van der Waals surface area (Å²) in [6.45, 7) is 4.88. The smallest absolute Gasteiger partial charge is 0.263 e. The number of carbonyl (C=O) groups excluding carboxylic acids is 1. The van der Waals surface area contributed by atoms with Crippen LogP contribution in [-0.2, 0) is 19.5 Å². The first-order chi connectivity index (χ1) is 11.6. The van der Waals surface area contributed by atoms with Gasteiger partial charge in [-0.05, 0) is 25.8 Å². The summed E-state index contributed by atoms with van der Waals surface area (Å²) in [6.07, 6.45) is 2.60. The fourth-order valence-corrected chi connectivity index (χ4v) is 3.31. The fourth-order valence-electron chi connectivity index (χ4n) is 2.48. The predicted molar refractivity (Wildman–Crippen MR) is 92.9 cm³/mol. The van der Waals surface area contributed by atoms with Crippen LogP contribution in [-0.4, -0.2) is 25.7 Å². The fraction of sp³-hybridized carbons (Fsp3) is 0.294. The van der Waals surface area contributed by atoms with Gasteiger partial charge in [-0.3, -0.25) is 4.79 Å². The van der Waals surface area contributed by atoms with Crippen molar-refractivity contribution in [1.29, 1.82) is 0 Å². The highest BCUT2D eigenvalue weighted by molar-refractivity contribution is 7.13. The molecule has 0 aliphatic rings. The van der Waals surface area contributed by atoms with E-state index in [0.717, 1.165) is 29.5 Å². The van der Waals surface area contributed by atoms with Gasteiger partial charge in [0, 0.05) is 6.54 Å². The molecular formula is C17H19N5OS. The van der Waals surface area contributed by atoms with E-state index in [4.69, 9.17) is 0 Å². The Hall–Kier alpha value is -2.54. The van der Waals surface area contributed by atoms with Gasteiger partial charge < -0.3 is 9.88 Å². The van der Waals surface area contributed by atoms with Gasteiger partial charge in [0.2, 0.25) is 0 Å². The topological polar surface area (TPSA) is 72.7 Å². The Kier molecular flexibility index (Phi) is 5.00. The molecule has 0 radical (unpaired) electrons. The number of aromatic nitrogens is 4. The van der Waals surface area contributed by atoms with Gasteiger partial charge in [0.05, 0.1) is 17.2 Å². The monoisotopic (exact) mass is 341 g/mol. The van der Waals surface area contributed by atoms with Crippen LogP contribution in [0.1, 0.15) is 31.8 Å². The van der Waals surface area contributed by atoms with E-state index >= 15 is 0 Å². The molecular weight excluding hydrogens is 322 g/mol. The Morgan fingerprint density at radius 1 is 1.25 bits per heavy atom. The molecule has 1 N–H and O–H groups in total.